The molecule has 2 aromatic rings. The van der Waals surface area contributed by atoms with Gasteiger partial charge in [-0.15, -0.1) is 24.0 Å². The number of hydrogen-bond acceptors (Lipinski definition) is 3. The first-order valence-electron chi connectivity index (χ1n) is 8.24. The monoisotopic (exact) mass is 522 g/mol. The van der Waals surface area contributed by atoms with Gasteiger partial charge in [0.25, 0.3) is 0 Å². The van der Waals surface area contributed by atoms with Gasteiger partial charge in [-0.1, -0.05) is 41.9 Å². The highest BCUT2D eigenvalue weighted by Crippen LogP contribution is 2.14. The van der Waals surface area contributed by atoms with Gasteiger partial charge in [0.15, 0.2) is 5.96 Å². The zero-order valence-electron chi connectivity index (χ0n) is 15.2. The second-order valence-electron chi connectivity index (χ2n) is 5.50. The zero-order chi connectivity index (χ0) is 19.0. The van der Waals surface area contributed by atoms with Gasteiger partial charge in [-0.3, -0.25) is 0 Å². The number of nitrogens with zero attached hydrogens (tertiary/aromatic N) is 1. The minimum atomic E-state index is -3.46. The van der Waals surface area contributed by atoms with E-state index in [-0.39, 0.29) is 28.9 Å². The van der Waals surface area contributed by atoms with Crippen LogP contribution in [0.2, 0.25) is 5.02 Å². The van der Waals surface area contributed by atoms with Crippen LogP contribution in [0.5, 0.6) is 0 Å². The van der Waals surface area contributed by atoms with Crippen molar-refractivity contribution in [1.82, 2.24) is 15.4 Å². The van der Waals surface area contributed by atoms with Crippen molar-refractivity contribution < 1.29 is 8.42 Å². The Kier molecular flexibility index (Phi) is 10.1. The fourth-order valence-electron chi connectivity index (χ4n) is 2.26. The molecule has 0 aliphatic rings. The van der Waals surface area contributed by atoms with Gasteiger partial charge >= 0.3 is 0 Å². The van der Waals surface area contributed by atoms with Crippen LogP contribution in [-0.2, 0) is 23.1 Å². The first kappa shape index (κ1) is 23.7. The predicted molar refractivity (Wildman–Crippen MR) is 121 cm³/mol. The average molecular weight is 523 g/mol. The lowest BCUT2D eigenvalue weighted by molar-refractivity contribution is 0.588. The van der Waals surface area contributed by atoms with Gasteiger partial charge in [0.1, 0.15) is 0 Å². The van der Waals surface area contributed by atoms with E-state index in [2.05, 4.69) is 20.3 Å². The molecule has 27 heavy (non-hydrogen) atoms. The summed E-state index contributed by atoms with van der Waals surface area (Å²) in [7, 11) is -2.07. The molecule has 0 saturated carbocycles. The van der Waals surface area contributed by atoms with E-state index in [0.717, 1.165) is 11.1 Å². The lowest BCUT2D eigenvalue weighted by atomic mass is 10.2. The molecule has 0 unspecified atom stereocenters. The molecule has 3 N–H and O–H groups in total. The van der Waals surface area contributed by atoms with Gasteiger partial charge in [-0.05, 0) is 43.3 Å². The summed E-state index contributed by atoms with van der Waals surface area (Å²) in [5.74, 6) is 0.634. The van der Waals surface area contributed by atoms with E-state index in [1.54, 1.807) is 18.2 Å². The van der Waals surface area contributed by atoms with Crippen LogP contribution in [0.1, 0.15) is 18.1 Å². The van der Waals surface area contributed by atoms with E-state index in [1.165, 1.54) is 7.05 Å². The highest BCUT2D eigenvalue weighted by molar-refractivity contribution is 14.0. The number of sulfonamides is 1. The third-order valence-corrected chi connectivity index (χ3v) is 5.43. The summed E-state index contributed by atoms with van der Waals surface area (Å²) in [4.78, 5) is 4.74. The van der Waals surface area contributed by atoms with Crippen LogP contribution in [0.4, 0.5) is 0 Å². The van der Waals surface area contributed by atoms with Gasteiger partial charge in [-0.2, -0.15) is 0 Å². The molecule has 0 aliphatic heterocycles. The highest BCUT2D eigenvalue weighted by Gasteiger charge is 2.11. The molecule has 0 spiro atoms. The Morgan fingerprint density at radius 3 is 2.52 bits per heavy atom. The lowest BCUT2D eigenvalue weighted by Gasteiger charge is -2.12. The molecule has 0 atom stereocenters. The summed E-state index contributed by atoms with van der Waals surface area (Å²) in [6, 6.07) is 14.3. The molecule has 0 radical (unpaired) electrons. The number of hydrogen-bond donors (Lipinski definition) is 3. The highest BCUT2D eigenvalue weighted by atomic mass is 127. The van der Waals surface area contributed by atoms with Crippen LogP contribution in [-0.4, -0.2) is 28.0 Å². The Balaban J connectivity index is 0.00000364. The minimum Gasteiger partial charge on any atom is -0.357 e. The number of benzene rings is 2. The van der Waals surface area contributed by atoms with Crippen LogP contribution in [0.3, 0.4) is 0 Å². The van der Waals surface area contributed by atoms with Crippen molar-refractivity contribution in [2.75, 3.05) is 13.6 Å². The van der Waals surface area contributed by atoms with Gasteiger partial charge in [0.05, 0.1) is 11.4 Å². The predicted octanol–water partition coefficient (Wildman–Crippen LogP) is 3.12. The molecular formula is C18H24ClIN4O2S. The number of guanidine groups is 1. The second kappa shape index (κ2) is 11.5. The van der Waals surface area contributed by atoms with Gasteiger partial charge < -0.3 is 10.6 Å². The van der Waals surface area contributed by atoms with E-state index in [0.29, 0.717) is 30.6 Å². The molecule has 2 rings (SSSR count). The molecule has 148 valence electrons. The average Bonchev–Trinajstić information content (AvgIpc) is 2.65. The third kappa shape index (κ3) is 7.28. The number of halogens is 2. The summed E-state index contributed by atoms with van der Waals surface area (Å²) in [5.41, 5.74) is 1.78. The molecule has 2 aromatic carbocycles. The third-order valence-electron chi connectivity index (χ3n) is 3.65. The van der Waals surface area contributed by atoms with E-state index in [9.17, 15) is 8.42 Å². The Bertz CT molecular complexity index is 875. The first-order valence-corrected chi connectivity index (χ1v) is 10.1. The molecule has 0 aliphatic carbocycles. The Labute approximate surface area is 182 Å². The van der Waals surface area contributed by atoms with Crippen molar-refractivity contribution in [3.63, 3.8) is 0 Å². The summed E-state index contributed by atoms with van der Waals surface area (Å²) in [6.45, 7) is 3.58. The van der Waals surface area contributed by atoms with Crippen molar-refractivity contribution in [3.8, 4) is 0 Å². The smallest absolute Gasteiger partial charge is 0.240 e. The Morgan fingerprint density at radius 2 is 1.85 bits per heavy atom. The van der Waals surface area contributed by atoms with Crippen LogP contribution >= 0.6 is 35.6 Å². The van der Waals surface area contributed by atoms with Crippen molar-refractivity contribution >= 4 is 51.6 Å². The number of aliphatic imine (C=N–C) groups is 1. The molecule has 0 bridgehead atoms. The standard InChI is InChI=1S/C18H23ClN4O2S.HI/c1-3-21-18(23-13-15-8-4-5-10-17(15)19)22-12-14-7-6-9-16(11-14)26(24,25)20-2;/h4-11,20H,3,12-13H2,1-2H3,(H2,21,22,23);1H. The molecule has 0 amide bonds. The molecule has 6 nitrogen and oxygen atoms in total. The van der Waals surface area contributed by atoms with Crippen molar-refractivity contribution in [2.45, 2.75) is 24.9 Å². The summed E-state index contributed by atoms with van der Waals surface area (Å²) >= 11 is 6.17. The van der Waals surface area contributed by atoms with Crippen LogP contribution in [0.25, 0.3) is 0 Å². The zero-order valence-corrected chi connectivity index (χ0v) is 19.1. The van der Waals surface area contributed by atoms with Gasteiger partial charge in [0, 0.05) is 18.1 Å². The molecule has 0 fully saturated rings. The van der Waals surface area contributed by atoms with E-state index in [4.69, 9.17) is 11.6 Å². The lowest BCUT2D eigenvalue weighted by Crippen LogP contribution is -2.36. The quantitative estimate of drug-likeness (QED) is 0.296. The van der Waals surface area contributed by atoms with Crippen LogP contribution in [0.15, 0.2) is 58.4 Å². The summed E-state index contributed by atoms with van der Waals surface area (Å²) < 4.78 is 26.1. The molecule has 0 saturated heterocycles. The maximum atomic E-state index is 11.9. The normalized spacial score (nSPS) is 11.6. The summed E-state index contributed by atoms with van der Waals surface area (Å²) in [6.07, 6.45) is 0. The van der Waals surface area contributed by atoms with Crippen molar-refractivity contribution in [3.05, 3.63) is 64.7 Å². The van der Waals surface area contributed by atoms with Gasteiger partial charge in [-0.25, -0.2) is 18.1 Å². The molecule has 0 heterocycles. The van der Waals surface area contributed by atoms with Gasteiger partial charge in [0.2, 0.25) is 10.0 Å². The van der Waals surface area contributed by atoms with E-state index < -0.39 is 10.0 Å². The summed E-state index contributed by atoms with van der Waals surface area (Å²) in [5, 5.41) is 7.09. The maximum Gasteiger partial charge on any atom is 0.240 e. The van der Waals surface area contributed by atoms with Crippen LogP contribution in [0, 0.1) is 0 Å². The topological polar surface area (TPSA) is 82.6 Å². The number of nitrogens with one attached hydrogen (secondary N) is 3. The Morgan fingerprint density at radius 1 is 1.11 bits per heavy atom. The van der Waals surface area contributed by atoms with Crippen LogP contribution < -0.4 is 15.4 Å². The second-order valence-corrected chi connectivity index (χ2v) is 7.79. The molecule has 9 heteroatoms. The van der Waals surface area contributed by atoms with Crippen molar-refractivity contribution in [1.29, 1.82) is 0 Å². The van der Waals surface area contributed by atoms with E-state index >= 15 is 0 Å². The number of rotatable bonds is 7. The Hall–Kier alpha value is -1.36. The fraction of sp³-hybridized carbons (Fsp3) is 0.278. The SMILES string of the molecule is CCNC(=NCc1cccc(S(=O)(=O)NC)c1)NCc1ccccc1Cl.I. The molecule has 0 aromatic heterocycles. The maximum absolute atomic E-state index is 11.9. The largest absolute Gasteiger partial charge is 0.357 e. The first-order chi connectivity index (χ1) is 12.5. The van der Waals surface area contributed by atoms with E-state index in [1.807, 2.05) is 37.3 Å². The molecular weight excluding hydrogens is 499 g/mol. The minimum absolute atomic E-state index is 0. The van der Waals surface area contributed by atoms with Crippen molar-refractivity contribution in [2.24, 2.45) is 4.99 Å². The fourth-order valence-corrected chi connectivity index (χ4v) is 3.26.